The van der Waals surface area contributed by atoms with Crippen molar-refractivity contribution in [3.05, 3.63) is 90.0 Å². The van der Waals surface area contributed by atoms with E-state index in [-0.39, 0.29) is 5.91 Å². The second-order valence-corrected chi connectivity index (χ2v) is 7.58. The minimum absolute atomic E-state index is 0.0504. The van der Waals surface area contributed by atoms with Gasteiger partial charge in [-0.05, 0) is 41.0 Å². The Bertz CT molecular complexity index is 903. The van der Waals surface area contributed by atoms with Crippen molar-refractivity contribution in [1.82, 2.24) is 4.90 Å². The van der Waals surface area contributed by atoms with Crippen molar-refractivity contribution in [3.63, 3.8) is 0 Å². The van der Waals surface area contributed by atoms with E-state index in [2.05, 4.69) is 36.4 Å². The van der Waals surface area contributed by atoms with E-state index in [0.29, 0.717) is 12.1 Å². The van der Waals surface area contributed by atoms with Crippen LogP contribution in [0.25, 0.3) is 11.1 Å². The summed E-state index contributed by atoms with van der Waals surface area (Å²) in [6, 6.07) is 25.4. The molecule has 3 rings (SSSR count). The van der Waals surface area contributed by atoms with Gasteiger partial charge in [-0.2, -0.15) is 0 Å². The lowest BCUT2D eigenvalue weighted by molar-refractivity contribution is 0.0785. The van der Waals surface area contributed by atoms with Crippen LogP contribution in [0, 0.1) is 0 Å². The first-order chi connectivity index (χ1) is 12.5. The first kappa shape index (κ1) is 18.1. The standard InChI is InChI=1S/C22H21NO2S/c1-23(22(24)20-12-14-21(15-13-20)26(2)25)16-17-8-10-19(11-9-17)18-6-4-3-5-7-18/h3-15H,16H2,1-2H3. The highest BCUT2D eigenvalue weighted by atomic mass is 32.2. The molecule has 1 amide bonds. The quantitative estimate of drug-likeness (QED) is 0.675. The number of carbonyl (C=O) groups is 1. The molecule has 0 aliphatic heterocycles. The zero-order valence-electron chi connectivity index (χ0n) is 14.9. The summed E-state index contributed by atoms with van der Waals surface area (Å²) in [6.45, 7) is 0.537. The third-order valence-corrected chi connectivity index (χ3v) is 5.20. The highest BCUT2D eigenvalue weighted by molar-refractivity contribution is 7.84. The first-order valence-electron chi connectivity index (χ1n) is 8.38. The van der Waals surface area contributed by atoms with Gasteiger partial charge in [0.15, 0.2) is 0 Å². The summed E-state index contributed by atoms with van der Waals surface area (Å²) in [5.41, 5.74) is 4.01. The topological polar surface area (TPSA) is 37.4 Å². The summed E-state index contributed by atoms with van der Waals surface area (Å²) in [5.74, 6) is -0.0504. The van der Waals surface area contributed by atoms with Crippen LogP contribution in [-0.4, -0.2) is 28.3 Å². The Hall–Kier alpha value is -2.72. The van der Waals surface area contributed by atoms with Crippen molar-refractivity contribution in [1.29, 1.82) is 0 Å². The van der Waals surface area contributed by atoms with Crippen molar-refractivity contribution in [2.24, 2.45) is 0 Å². The number of carbonyl (C=O) groups excluding carboxylic acids is 1. The molecule has 26 heavy (non-hydrogen) atoms. The summed E-state index contributed by atoms with van der Waals surface area (Å²) in [5, 5.41) is 0. The van der Waals surface area contributed by atoms with Gasteiger partial charge in [0.05, 0.1) is 0 Å². The fraction of sp³-hybridized carbons (Fsp3) is 0.136. The van der Waals surface area contributed by atoms with E-state index in [4.69, 9.17) is 0 Å². The average molecular weight is 363 g/mol. The minimum Gasteiger partial charge on any atom is -0.337 e. The molecule has 0 saturated carbocycles. The van der Waals surface area contributed by atoms with Crippen molar-refractivity contribution >= 4 is 16.7 Å². The van der Waals surface area contributed by atoms with Crippen LogP contribution in [-0.2, 0) is 17.3 Å². The van der Waals surface area contributed by atoms with Crippen LogP contribution in [0.4, 0.5) is 0 Å². The zero-order chi connectivity index (χ0) is 18.5. The maximum atomic E-state index is 12.6. The number of amides is 1. The summed E-state index contributed by atoms with van der Waals surface area (Å²) in [6.07, 6.45) is 1.63. The smallest absolute Gasteiger partial charge is 0.253 e. The molecule has 4 heteroatoms. The van der Waals surface area contributed by atoms with Gasteiger partial charge in [0.2, 0.25) is 0 Å². The molecular formula is C22H21NO2S. The molecule has 3 aromatic rings. The number of benzene rings is 3. The third-order valence-electron chi connectivity index (χ3n) is 4.26. The molecule has 0 spiro atoms. The molecule has 0 fully saturated rings. The van der Waals surface area contributed by atoms with E-state index in [1.54, 1.807) is 42.5 Å². The van der Waals surface area contributed by atoms with Crippen LogP contribution < -0.4 is 0 Å². The largest absolute Gasteiger partial charge is 0.337 e. The fourth-order valence-electron chi connectivity index (χ4n) is 2.79. The SMILES string of the molecule is CN(Cc1ccc(-c2ccccc2)cc1)C(=O)c1ccc(S(C)=O)cc1. The molecule has 0 bridgehead atoms. The number of rotatable bonds is 5. The molecule has 132 valence electrons. The summed E-state index contributed by atoms with van der Waals surface area (Å²) in [7, 11) is 0.755. The number of hydrogen-bond donors (Lipinski definition) is 0. The lowest BCUT2D eigenvalue weighted by Gasteiger charge is -2.18. The third kappa shape index (κ3) is 4.27. The number of nitrogens with zero attached hydrogens (tertiary/aromatic N) is 1. The highest BCUT2D eigenvalue weighted by Gasteiger charge is 2.12. The lowest BCUT2D eigenvalue weighted by Crippen LogP contribution is -2.26. The van der Waals surface area contributed by atoms with Gasteiger partial charge in [0, 0.05) is 41.1 Å². The van der Waals surface area contributed by atoms with Crippen LogP contribution in [0.1, 0.15) is 15.9 Å². The van der Waals surface area contributed by atoms with Crippen LogP contribution in [0.2, 0.25) is 0 Å². The fourth-order valence-corrected chi connectivity index (χ4v) is 3.31. The normalized spacial score (nSPS) is 11.8. The van der Waals surface area contributed by atoms with E-state index < -0.39 is 10.8 Å². The van der Waals surface area contributed by atoms with Crippen LogP contribution in [0.15, 0.2) is 83.8 Å². The second kappa shape index (κ2) is 8.11. The molecule has 0 aliphatic rings. The Morgan fingerprint density at radius 2 is 1.42 bits per heavy atom. The summed E-state index contributed by atoms with van der Waals surface area (Å²) >= 11 is 0. The van der Waals surface area contributed by atoms with Crippen LogP contribution in [0.3, 0.4) is 0 Å². The maximum absolute atomic E-state index is 12.6. The van der Waals surface area contributed by atoms with Crippen LogP contribution in [0.5, 0.6) is 0 Å². The molecule has 0 aliphatic carbocycles. The van der Waals surface area contributed by atoms with Gasteiger partial charge in [-0.3, -0.25) is 9.00 Å². The molecule has 0 heterocycles. The molecule has 1 unspecified atom stereocenters. The second-order valence-electron chi connectivity index (χ2n) is 6.20. The molecule has 0 saturated heterocycles. The van der Waals surface area contributed by atoms with Gasteiger partial charge in [-0.15, -0.1) is 0 Å². The number of hydrogen-bond acceptors (Lipinski definition) is 2. The van der Waals surface area contributed by atoms with E-state index in [0.717, 1.165) is 16.0 Å². The van der Waals surface area contributed by atoms with Gasteiger partial charge >= 0.3 is 0 Å². The first-order valence-corrected chi connectivity index (χ1v) is 9.94. The lowest BCUT2D eigenvalue weighted by atomic mass is 10.0. The summed E-state index contributed by atoms with van der Waals surface area (Å²) in [4.78, 5) is 15.0. The molecular weight excluding hydrogens is 342 g/mol. The molecule has 0 N–H and O–H groups in total. The van der Waals surface area contributed by atoms with Gasteiger partial charge in [-0.25, -0.2) is 0 Å². The average Bonchev–Trinajstić information content (AvgIpc) is 2.68. The Kier molecular flexibility index (Phi) is 5.64. The molecule has 0 radical (unpaired) electrons. The monoisotopic (exact) mass is 363 g/mol. The Morgan fingerprint density at radius 3 is 2.00 bits per heavy atom. The molecule has 3 nitrogen and oxygen atoms in total. The van der Waals surface area contributed by atoms with Gasteiger partial charge in [0.1, 0.15) is 0 Å². The Balaban J connectivity index is 1.68. The molecule has 1 atom stereocenters. The molecule has 0 aromatic heterocycles. The predicted molar refractivity (Wildman–Crippen MR) is 106 cm³/mol. The van der Waals surface area contributed by atoms with Gasteiger partial charge in [0.25, 0.3) is 5.91 Å². The van der Waals surface area contributed by atoms with Crippen molar-refractivity contribution in [2.75, 3.05) is 13.3 Å². The highest BCUT2D eigenvalue weighted by Crippen LogP contribution is 2.20. The summed E-state index contributed by atoms with van der Waals surface area (Å²) < 4.78 is 11.4. The Labute approximate surface area is 156 Å². The predicted octanol–water partition coefficient (Wildman–Crippen LogP) is 4.36. The Morgan fingerprint density at radius 1 is 0.846 bits per heavy atom. The van der Waals surface area contributed by atoms with E-state index in [9.17, 15) is 9.00 Å². The van der Waals surface area contributed by atoms with E-state index >= 15 is 0 Å². The molecule has 3 aromatic carbocycles. The van der Waals surface area contributed by atoms with Crippen molar-refractivity contribution < 1.29 is 9.00 Å². The maximum Gasteiger partial charge on any atom is 0.253 e. The van der Waals surface area contributed by atoms with Crippen molar-refractivity contribution in [3.8, 4) is 11.1 Å². The van der Waals surface area contributed by atoms with Crippen LogP contribution >= 0.6 is 0 Å². The van der Waals surface area contributed by atoms with Crippen molar-refractivity contribution in [2.45, 2.75) is 11.4 Å². The zero-order valence-corrected chi connectivity index (χ0v) is 15.7. The van der Waals surface area contributed by atoms with Gasteiger partial charge < -0.3 is 4.90 Å². The van der Waals surface area contributed by atoms with E-state index in [1.807, 2.05) is 18.2 Å². The van der Waals surface area contributed by atoms with Gasteiger partial charge in [-0.1, -0.05) is 54.6 Å². The minimum atomic E-state index is -1.04. The van der Waals surface area contributed by atoms with E-state index in [1.165, 1.54) is 5.56 Å².